The number of rotatable bonds is 6. The number of fused-ring (bicyclic) bond motifs is 5. The minimum Gasteiger partial charge on any atom is -0.465 e. The molecule has 58 heavy (non-hydrogen) atoms. The lowest BCUT2D eigenvalue weighted by Crippen LogP contribution is -2.88. The van der Waals surface area contributed by atoms with Crippen LogP contribution in [0.15, 0.2) is 41.5 Å². The highest BCUT2D eigenvalue weighted by Gasteiger charge is 2.90. The highest BCUT2D eigenvalue weighted by Crippen LogP contribution is 2.69. The summed E-state index contributed by atoms with van der Waals surface area (Å²) in [4.78, 5) is 97.3. The first-order valence-corrected chi connectivity index (χ1v) is 18.5. The van der Waals surface area contributed by atoms with Crippen LogP contribution in [-0.4, -0.2) is 127 Å². The Bertz CT molecular complexity index is 2100. The van der Waals surface area contributed by atoms with E-state index in [-0.39, 0.29) is 16.8 Å². The molecular formula is C39H46N2O17. The Labute approximate surface area is 331 Å². The topological polar surface area (TPSA) is 263 Å². The van der Waals surface area contributed by atoms with Crippen LogP contribution in [0, 0.1) is 17.3 Å². The summed E-state index contributed by atoms with van der Waals surface area (Å²) in [6, 6.07) is 5.08. The van der Waals surface area contributed by atoms with Crippen LogP contribution < -0.4 is 5.56 Å². The molecule has 13 atom stereocenters. The Kier molecular flexibility index (Phi) is 10.8. The molecule has 0 aromatic carbocycles. The second-order valence-electron chi connectivity index (χ2n) is 15.8. The Morgan fingerprint density at radius 2 is 1.57 bits per heavy atom. The number of aliphatic hydroxyl groups is 3. The summed E-state index contributed by atoms with van der Waals surface area (Å²) < 4.78 is 42.9. The lowest BCUT2D eigenvalue weighted by atomic mass is 9.45. The second-order valence-corrected chi connectivity index (χ2v) is 15.8. The van der Waals surface area contributed by atoms with Gasteiger partial charge >= 0.3 is 35.8 Å². The van der Waals surface area contributed by atoms with Crippen molar-refractivity contribution in [2.75, 3.05) is 13.2 Å². The highest BCUT2D eigenvalue weighted by molar-refractivity contribution is 5.91. The third-order valence-corrected chi connectivity index (χ3v) is 12.2. The molecule has 2 aromatic rings. The van der Waals surface area contributed by atoms with Crippen LogP contribution in [0.25, 0.3) is 0 Å². The lowest BCUT2D eigenvalue weighted by molar-refractivity contribution is -0.385. The van der Waals surface area contributed by atoms with Crippen molar-refractivity contribution in [2.45, 2.75) is 108 Å². The summed E-state index contributed by atoms with van der Waals surface area (Å²) in [6.45, 7) is 6.64. The van der Waals surface area contributed by atoms with Crippen LogP contribution in [0.1, 0.15) is 80.8 Å². The molecule has 2 aliphatic carbocycles. The number of carbonyl (C=O) groups excluding carboxylic acids is 6. The fourth-order valence-electron chi connectivity index (χ4n) is 9.32. The lowest BCUT2D eigenvalue weighted by Gasteiger charge is -2.67. The third-order valence-electron chi connectivity index (χ3n) is 12.2. The first kappa shape index (κ1) is 42.4. The number of aryl methyl sites for hydroxylation is 1. The Balaban J connectivity index is 1.69. The molecule has 4 aliphatic rings. The number of hydrogen-bond acceptors (Lipinski definition) is 18. The molecule has 3 N–H and O–H groups in total. The quantitative estimate of drug-likeness (QED) is 0.254. The average molecular weight is 815 g/mol. The van der Waals surface area contributed by atoms with Gasteiger partial charge in [-0.2, -0.15) is 0 Å². The molecule has 4 heterocycles. The molecule has 19 heteroatoms. The summed E-state index contributed by atoms with van der Waals surface area (Å²) in [6.07, 6.45) is -10.2. The molecule has 2 aliphatic heterocycles. The molecule has 19 nitrogen and oxygen atoms in total. The first-order valence-electron chi connectivity index (χ1n) is 18.5. The van der Waals surface area contributed by atoms with Gasteiger partial charge in [0, 0.05) is 52.2 Å². The zero-order chi connectivity index (χ0) is 42.9. The van der Waals surface area contributed by atoms with E-state index in [1.807, 2.05) is 0 Å². The maximum atomic E-state index is 14.3. The Morgan fingerprint density at radius 3 is 2.19 bits per heavy atom. The minimum absolute atomic E-state index is 0.0431. The molecule has 4 bridgehead atoms. The standard InChI is InChI=1S/C39H46N2O17/c1-17-18(2)33(48)57-32-28(56-34(49)22-11-12-24(45)41(8)14-22)30(47)38(16-52-19(3)42)29(46)27(54-20(4)43)25-31(55-21(5)44)39(38,37(32,7)51)58-36(25,6)15-53-35(50)23-10-9-13-40-26(17)23/h9-14,17-18,25,27-32,46-47,51H,15-16H2,1-8H3/t17?,18-,25-,27?,28?,29?,30?,31+,32+,36?,37+,38?,39+/m1/s1. The van der Waals surface area contributed by atoms with Crippen molar-refractivity contribution < 1.29 is 77.2 Å². The van der Waals surface area contributed by atoms with E-state index >= 15 is 0 Å². The van der Waals surface area contributed by atoms with Crippen molar-refractivity contribution in [3.05, 3.63) is 63.8 Å². The molecular weight excluding hydrogens is 768 g/mol. The van der Waals surface area contributed by atoms with E-state index in [1.54, 1.807) is 6.92 Å². The van der Waals surface area contributed by atoms with Crippen LogP contribution in [0.2, 0.25) is 0 Å². The van der Waals surface area contributed by atoms with Crippen LogP contribution in [0.3, 0.4) is 0 Å². The van der Waals surface area contributed by atoms with Crippen molar-refractivity contribution in [3.8, 4) is 0 Å². The van der Waals surface area contributed by atoms with Gasteiger partial charge in [0.2, 0.25) is 5.56 Å². The van der Waals surface area contributed by atoms with Gasteiger partial charge < -0.3 is 53.0 Å². The number of cyclic esters (lactones) is 1. The zero-order valence-electron chi connectivity index (χ0n) is 33.0. The number of carbonyl (C=O) groups is 6. The molecule has 1 saturated heterocycles. The van der Waals surface area contributed by atoms with Gasteiger partial charge in [-0.25, -0.2) is 9.59 Å². The van der Waals surface area contributed by atoms with Gasteiger partial charge in [-0.3, -0.25) is 29.0 Å². The van der Waals surface area contributed by atoms with Crippen molar-refractivity contribution in [2.24, 2.45) is 24.3 Å². The number of aromatic nitrogens is 2. The van der Waals surface area contributed by atoms with E-state index in [1.165, 1.54) is 39.2 Å². The number of aliphatic hydroxyl groups excluding tert-OH is 2. The molecule has 0 radical (unpaired) electrons. The maximum Gasteiger partial charge on any atom is 0.340 e. The fourth-order valence-corrected chi connectivity index (χ4v) is 9.32. The molecule has 2 saturated carbocycles. The molecule has 1 spiro atoms. The van der Waals surface area contributed by atoms with Gasteiger partial charge in [-0.15, -0.1) is 0 Å². The second kappa shape index (κ2) is 14.9. The first-order chi connectivity index (χ1) is 27.0. The molecule has 0 amide bonds. The van der Waals surface area contributed by atoms with E-state index in [2.05, 4.69) is 4.98 Å². The van der Waals surface area contributed by atoms with Crippen LogP contribution >= 0.6 is 0 Å². The summed E-state index contributed by atoms with van der Waals surface area (Å²) in [5.41, 5.74) is -10.9. The summed E-state index contributed by atoms with van der Waals surface area (Å²) in [5, 5.41) is 38.8. The average Bonchev–Trinajstić information content (AvgIpc) is 3.37. The van der Waals surface area contributed by atoms with Gasteiger partial charge in [0.05, 0.1) is 34.1 Å². The zero-order valence-corrected chi connectivity index (χ0v) is 33.0. The van der Waals surface area contributed by atoms with Gasteiger partial charge in [0.1, 0.15) is 48.8 Å². The SMILES string of the molecule is CC(=O)OCC12C(O)C(OC(C)=O)[C@@H]3[C@H](OC(C)=O)[C@@]14OC3(C)COC(=O)c1cccnc1C(C)[C@@H](C)C(=O)O[C@@H](C(OC(=O)c1ccc(=O)n(C)c1)C2O)[C@]4(C)O. The smallest absolute Gasteiger partial charge is 0.340 e. The van der Waals surface area contributed by atoms with Crippen LogP contribution in [0.5, 0.6) is 0 Å². The van der Waals surface area contributed by atoms with Crippen LogP contribution in [-0.2, 0) is 59.4 Å². The predicted octanol–water partition coefficient (Wildman–Crippen LogP) is -0.115. The van der Waals surface area contributed by atoms with Crippen molar-refractivity contribution >= 4 is 35.8 Å². The van der Waals surface area contributed by atoms with Crippen molar-refractivity contribution in [1.82, 2.24) is 9.55 Å². The van der Waals surface area contributed by atoms with E-state index < -0.39 is 131 Å². The molecule has 7 unspecified atom stereocenters. The van der Waals surface area contributed by atoms with Crippen molar-refractivity contribution in [3.63, 3.8) is 0 Å². The Hall–Kier alpha value is -5.24. The highest BCUT2D eigenvalue weighted by atomic mass is 16.7. The van der Waals surface area contributed by atoms with E-state index in [0.29, 0.717) is 0 Å². The van der Waals surface area contributed by atoms with Crippen LogP contribution in [0.4, 0.5) is 0 Å². The normalized spacial score (nSPS) is 37.9. The monoisotopic (exact) mass is 814 g/mol. The van der Waals surface area contributed by atoms with E-state index in [4.69, 9.17) is 33.2 Å². The van der Waals surface area contributed by atoms with E-state index in [9.17, 15) is 48.9 Å². The van der Waals surface area contributed by atoms with Gasteiger partial charge in [-0.1, -0.05) is 13.8 Å². The fraction of sp³-hybridized carbons (Fsp3) is 0.590. The molecule has 2 aromatic heterocycles. The predicted molar refractivity (Wildman–Crippen MR) is 191 cm³/mol. The maximum absolute atomic E-state index is 14.3. The molecule has 3 fully saturated rings. The number of pyridine rings is 2. The molecule has 314 valence electrons. The Morgan fingerprint density at radius 1 is 0.914 bits per heavy atom. The van der Waals surface area contributed by atoms with E-state index in [0.717, 1.165) is 50.6 Å². The minimum atomic E-state index is -2.85. The number of hydrogen-bond donors (Lipinski definition) is 3. The number of nitrogens with zero attached hydrogens (tertiary/aromatic N) is 2. The largest absolute Gasteiger partial charge is 0.465 e. The third kappa shape index (κ3) is 6.34. The number of esters is 6. The van der Waals surface area contributed by atoms with Gasteiger partial charge in [0.15, 0.2) is 17.8 Å². The summed E-state index contributed by atoms with van der Waals surface area (Å²) in [5.74, 6) is -9.73. The number of ether oxygens (including phenoxy) is 7. The van der Waals surface area contributed by atoms with Gasteiger partial charge in [0.25, 0.3) is 0 Å². The van der Waals surface area contributed by atoms with Gasteiger partial charge in [-0.05, 0) is 32.0 Å². The summed E-state index contributed by atoms with van der Waals surface area (Å²) in [7, 11) is 1.36. The molecule has 6 rings (SSSR count). The summed E-state index contributed by atoms with van der Waals surface area (Å²) >= 11 is 0. The van der Waals surface area contributed by atoms with Crippen molar-refractivity contribution in [1.29, 1.82) is 0 Å².